The molecule has 39 heavy (non-hydrogen) atoms. The van der Waals surface area contributed by atoms with Crippen molar-refractivity contribution in [3.05, 3.63) is 4.13 Å². The van der Waals surface area contributed by atoms with Crippen LogP contribution in [0.15, 0.2) is 0 Å². The first-order chi connectivity index (χ1) is 16.2. The van der Waals surface area contributed by atoms with Gasteiger partial charge >= 0.3 is 58.4 Å². The van der Waals surface area contributed by atoms with Crippen molar-refractivity contribution in [2.24, 2.45) is 0 Å². The number of halogens is 22. The van der Waals surface area contributed by atoms with Crippen LogP contribution in [0.25, 0.3) is 4.13 Å². The van der Waals surface area contributed by atoms with Crippen molar-refractivity contribution in [1.82, 2.24) is 0 Å². The first kappa shape index (κ1) is 37.3. The molecule has 0 radical (unpaired) electrons. The average Bonchev–Trinajstić information content (AvgIpc) is 2.63. The van der Waals surface area contributed by atoms with Crippen molar-refractivity contribution in [3.63, 3.8) is 0 Å². The highest BCUT2D eigenvalue weighted by atomic mass is 32.3. The molecule has 0 N–H and O–H groups in total. The van der Waals surface area contributed by atoms with E-state index in [1.165, 1.54) is 0 Å². The number of rotatable bonds is 10. The molecule has 0 atom stereocenters. The van der Waals surface area contributed by atoms with Gasteiger partial charge in [-0.05, 0) is 0 Å². The van der Waals surface area contributed by atoms with Crippen LogP contribution < -0.4 is 0 Å². The van der Waals surface area contributed by atoms with E-state index in [1.54, 1.807) is 0 Å². The van der Waals surface area contributed by atoms with Gasteiger partial charge in [0.25, 0.3) is 0 Å². The van der Waals surface area contributed by atoms with E-state index in [-0.39, 0.29) is 4.13 Å². The minimum atomic E-state index is -9.21. The lowest BCUT2D eigenvalue weighted by molar-refractivity contribution is -0.413. The summed E-state index contributed by atoms with van der Waals surface area (Å²) in [6, 6.07) is 0. The van der Waals surface area contributed by atoms with Crippen LogP contribution in [-0.4, -0.2) is 75.2 Å². The SMILES string of the molecule is O=S(=O)([N-]S(=O)(=O)C(F)(F)C(F)(F)C(F)(F)C(F)(F)C(F)(F)F)C(F)(F)C(F)(F)C(F)(F)C(F)(F)C(F)(F)F. The molecule has 0 amide bonds. The Labute approximate surface area is 197 Å². The maximum Gasteiger partial charge on any atom is 0.460 e. The summed E-state index contributed by atoms with van der Waals surface area (Å²) >= 11 is 0. The molecule has 0 aliphatic heterocycles. The molecule has 0 fully saturated rings. The third-order valence-electron chi connectivity index (χ3n) is 3.86. The Morgan fingerprint density at radius 2 is 0.487 bits per heavy atom. The largest absolute Gasteiger partial charge is 0.460 e. The van der Waals surface area contributed by atoms with E-state index in [0.29, 0.717) is 0 Å². The standard InChI is InChI=1S/C10F22NO4S2/c11-1(12,3(15,16)7(23,24)25)5(19,20)9(29,30)38(34,35)33-39(36,37)10(31,32)6(21,22)2(13,14)4(17,18)8(26,27)28/q-1. The van der Waals surface area contributed by atoms with Crippen molar-refractivity contribution in [2.75, 3.05) is 0 Å². The fraction of sp³-hybridized carbons (Fsp3) is 1.00. The summed E-state index contributed by atoms with van der Waals surface area (Å²) in [5.74, 6) is -52.0. The molecular weight excluding hydrogens is 680 g/mol. The van der Waals surface area contributed by atoms with Crippen molar-refractivity contribution < 1.29 is 113 Å². The fourth-order valence-electron chi connectivity index (χ4n) is 1.66. The normalized spacial score (nSPS) is 17.0. The fourth-order valence-corrected chi connectivity index (χ4v) is 4.35. The molecule has 0 saturated heterocycles. The van der Waals surface area contributed by atoms with Gasteiger partial charge in [0.2, 0.25) is 0 Å². The van der Waals surface area contributed by atoms with E-state index in [9.17, 15) is 113 Å². The first-order valence-corrected chi connectivity index (χ1v) is 10.5. The van der Waals surface area contributed by atoms with Crippen LogP contribution in [-0.2, 0) is 20.0 Å². The maximum absolute atomic E-state index is 13.5. The van der Waals surface area contributed by atoms with Crippen LogP contribution >= 0.6 is 0 Å². The Hall–Kier alpha value is -1.68. The van der Waals surface area contributed by atoms with Gasteiger partial charge in [-0.1, -0.05) is 0 Å². The van der Waals surface area contributed by atoms with Crippen molar-refractivity contribution in [3.8, 4) is 0 Å². The molecule has 0 aromatic heterocycles. The van der Waals surface area contributed by atoms with Gasteiger partial charge in [0.1, 0.15) is 0 Å². The predicted octanol–water partition coefficient (Wildman–Crippen LogP) is 6.14. The summed E-state index contributed by atoms with van der Waals surface area (Å²) in [5.41, 5.74) is 0. The molecule has 0 spiro atoms. The van der Waals surface area contributed by atoms with Crippen molar-refractivity contribution >= 4 is 20.0 Å². The van der Waals surface area contributed by atoms with Crippen molar-refractivity contribution in [2.45, 2.75) is 58.4 Å². The zero-order valence-electron chi connectivity index (χ0n) is 16.2. The second-order valence-corrected chi connectivity index (χ2v) is 10.0. The Morgan fingerprint density at radius 1 is 0.308 bits per heavy atom. The lowest BCUT2D eigenvalue weighted by atomic mass is 10.0. The molecule has 0 bridgehead atoms. The number of hydrogen-bond acceptors (Lipinski definition) is 4. The topological polar surface area (TPSA) is 82.4 Å². The monoisotopic (exact) mass is 680 g/mol. The van der Waals surface area contributed by atoms with Crippen LogP contribution in [0.1, 0.15) is 0 Å². The van der Waals surface area contributed by atoms with Crippen LogP contribution in [0.2, 0.25) is 0 Å². The highest BCUT2D eigenvalue weighted by Crippen LogP contribution is 2.61. The molecule has 0 aliphatic rings. The summed E-state index contributed by atoms with van der Waals surface area (Å²) in [5, 5.41) is -17.3. The number of sulfonamides is 2. The average molecular weight is 680 g/mol. The van der Waals surface area contributed by atoms with E-state index >= 15 is 0 Å². The van der Waals surface area contributed by atoms with E-state index < -0.39 is 78.4 Å². The lowest BCUT2D eigenvalue weighted by Crippen LogP contribution is -2.69. The van der Waals surface area contributed by atoms with E-state index in [4.69, 9.17) is 0 Å². The van der Waals surface area contributed by atoms with Crippen LogP contribution in [0, 0.1) is 0 Å². The molecule has 0 rings (SSSR count). The Bertz CT molecular complexity index is 1060. The molecular formula is C10F22NO4S2-. The van der Waals surface area contributed by atoms with Gasteiger partial charge in [-0.25, -0.2) is 16.8 Å². The summed E-state index contributed by atoms with van der Waals surface area (Å²) in [6.45, 7) is 0. The summed E-state index contributed by atoms with van der Waals surface area (Å²) < 4.78 is 325. The maximum atomic E-state index is 13.5. The second kappa shape index (κ2) is 8.91. The molecule has 0 aromatic rings. The second-order valence-electron chi connectivity index (χ2n) is 6.50. The smallest absolute Gasteiger partial charge is 0.425 e. The Morgan fingerprint density at radius 3 is 0.641 bits per heavy atom. The van der Waals surface area contributed by atoms with Crippen molar-refractivity contribution in [1.29, 1.82) is 0 Å². The van der Waals surface area contributed by atoms with E-state index in [0.717, 1.165) is 0 Å². The van der Waals surface area contributed by atoms with Crippen LogP contribution in [0.4, 0.5) is 96.6 Å². The number of hydrogen-bond donors (Lipinski definition) is 0. The first-order valence-electron chi connectivity index (χ1n) is 7.60. The Kier molecular flexibility index (Phi) is 8.52. The van der Waals surface area contributed by atoms with Crippen LogP contribution in [0.3, 0.4) is 0 Å². The molecule has 0 aromatic carbocycles. The summed E-state index contributed by atoms with van der Waals surface area (Å²) in [7, 11) is -18.4. The third kappa shape index (κ3) is 4.81. The molecule has 29 heteroatoms. The van der Waals surface area contributed by atoms with Gasteiger partial charge in [0, 0.05) is 0 Å². The zero-order valence-corrected chi connectivity index (χ0v) is 17.8. The quantitative estimate of drug-likeness (QED) is 0.260. The molecule has 0 unspecified atom stereocenters. The minimum Gasteiger partial charge on any atom is -0.425 e. The van der Waals surface area contributed by atoms with E-state index in [1.807, 2.05) is 0 Å². The van der Waals surface area contributed by atoms with Gasteiger partial charge in [-0.15, -0.1) is 0 Å². The number of alkyl halides is 22. The number of nitrogens with zero attached hydrogens (tertiary/aromatic N) is 1. The summed E-state index contributed by atoms with van der Waals surface area (Å²) in [6.07, 6.45) is -16.0. The third-order valence-corrected chi connectivity index (χ3v) is 7.24. The summed E-state index contributed by atoms with van der Waals surface area (Å²) in [4.78, 5) is 0. The van der Waals surface area contributed by atoms with E-state index in [2.05, 4.69) is 0 Å². The highest BCUT2D eigenvalue weighted by Gasteiger charge is 2.90. The minimum absolute atomic E-state index is 0.302. The van der Waals surface area contributed by atoms with Gasteiger partial charge in [-0.3, -0.25) is 0 Å². The molecule has 5 nitrogen and oxygen atoms in total. The zero-order chi connectivity index (χ0) is 32.7. The molecule has 236 valence electrons. The molecule has 0 saturated carbocycles. The van der Waals surface area contributed by atoms with Gasteiger partial charge in [0.15, 0.2) is 20.0 Å². The van der Waals surface area contributed by atoms with Crippen LogP contribution in [0.5, 0.6) is 0 Å². The molecule has 0 heterocycles. The lowest BCUT2D eigenvalue weighted by Gasteiger charge is -2.41. The van der Waals surface area contributed by atoms with Gasteiger partial charge < -0.3 is 4.13 Å². The van der Waals surface area contributed by atoms with Gasteiger partial charge in [0.05, 0.1) is 0 Å². The Balaban J connectivity index is 7.01. The molecule has 0 aliphatic carbocycles. The van der Waals surface area contributed by atoms with Gasteiger partial charge in [-0.2, -0.15) is 96.6 Å². The highest BCUT2D eigenvalue weighted by molar-refractivity contribution is 8.13. The predicted molar refractivity (Wildman–Crippen MR) is 72.9 cm³/mol.